The highest BCUT2D eigenvalue weighted by Crippen LogP contribution is 2.41. The van der Waals surface area contributed by atoms with Crippen molar-refractivity contribution in [3.8, 4) is 21.9 Å². The Morgan fingerprint density at radius 3 is 2.23 bits per heavy atom. The highest BCUT2D eigenvalue weighted by Gasteiger charge is 2.14. The average Bonchev–Trinajstić information content (AvgIpc) is 2.93. The van der Waals surface area contributed by atoms with Crippen LogP contribution in [0.5, 0.6) is 11.5 Å². The van der Waals surface area contributed by atoms with Crippen LogP contribution in [0.1, 0.15) is 18.9 Å². The van der Waals surface area contributed by atoms with Gasteiger partial charge in [-0.3, -0.25) is 0 Å². The molecule has 3 aromatic rings. The molecule has 0 aliphatic carbocycles. The number of hydrogen-bond acceptors (Lipinski definition) is 3. The van der Waals surface area contributed by atoms with Crippen LogP contribution < -0.4 is 9.47 Å². The zero-order chi connectivity index (χ0) is 15.5. The summed E-state index contributed by atoms with van der Waals surface area (Å²) in [6.07, 6.45) is 2.23. The van der Waals surface area contributed by atoms with Gasteiger partial charge in [0.05, 0.1) is 14.2 Å². The first-order chi connectivity index (χ1) is 10.8. The monoisotopic (exact) mass is 312 g/mol. The van der Waals surface area contributed by atoms with Crippen molar-refractivity contribution in [3.63, 3.8) is 0 Å². The molecule has 1 aromatic heterocycles. The Balaban J connectivity index is 2.15. The van der Waals surface area contributed by atoms with Gasteiger partial charge >= 0.3 is 0 Å². The van der Waals surface area contributed by atoms with Crippen LogP contribution in [0, 0.1) is 0 Å². The second kappa shape index (κ2) is 6.41. The first-order valence-corrected chi connectivity index (χ1v) is 8.32. The third-order valence-electron chi connectivity index (χ3n) is 3.85. The maximum atomic E-state index is 5.36. The molecule has 0 unspecified atom stereocenters. The smallest absolute Gasteiger partial charge is 0.120 e. The van der Waals surface area contributed by atoms with E-state index in [4.69, 9.17) is 9.47 Å². The number of fused-ring (bicyclic) bond motifs is 1. The van der Waals surface area contributed by atoms with Crippen LogP contribution in [0.4, 0.5) is 0 Å². The Labute approximate surface area is 135 Å². The highest BCUT2D eigenvalue weighted by atomic mass is 32.1. The van der Waals surface area contributed by atoms with Gasteiger partial charge in [0.1, 0.15) is 11.5 Å². The van der Waals surface area contributed by atoms with Gasteiger partial charge in [-0.05, 0) is 65.4 Å². The van der Waals surface area contributed by atoms with Crippen LogP contribution in [0.2, 0.25) is 0 Å². The summed E-state index contributed by atoms with van der Waals surface area (Å²) in [5.74, 6) is 1.81. The predicted octanol–water partition coefficient (Wildman–Crippen LogP) is 5.54. The van der Waals surface area contributed by atoms with Gasteiger partial charge in [-0.2, -0.15) is 0 Å². The van der Waals surface area contributed by atoms with E-state index in [9.17, 15) is 0 Å². The minimum atomic E-state index is 0.892. The van der Waals surface area contributed by atoms with Gasteiger partial charge in [0.2, 0.25) is 0 Å². The fourth-order valence-electron chi connectivity index (χ4n) is 2.73. The minimum Gasteiger partial charge on any atom is -0.497 e. The number of hydrogen-bond donors (Lipinski definition) is 0. The fraction of sp³-hybridized carbons (Fsp3) is 0.263. The summed E-state index contributed by atoms with van der Waals surface area (Å²) in [7, 11) is 3.41. The van der Waals surface area contributed by atoms with Crippen LogP contribution in [-0.4, -0.2) is 14.2 Å². The maximum absolute atomic E-state index is 5.36. The summed E-state index contributed by atoms with van der Waals surface area (Å²) < 4.78 is 11.9. The molecule has 2 nitrogen and oxygen atoms in total. The first-order valence-electron chi connectivity index (χ1n) is 7.50. The number of thiophene rings is 1. The van der Waals surface area contributed by atoms with E-state index in [0.29, 0.717) is 0 Å². The molecule has 0 bridgehead atoms. The molecule has 2 aromatic carbocycles. The van der Waals surface area contributed by atoms with Gasteiger partial charge in [0.25, 0.3) is 0 Å². The van der Waals surface area contributed by atoms with Gasteiger partial charge in [-0.15, -0.1) is 11.3 Å². The zero-order valence-corrected chi connectivity index (χ0v) is 14.0. The van der Waals surface area contributed by atoms with E-state index < -0.39 is 0 Å². The molecule has 3 rings (SSSR count). The summed E-state index contributed by atoms with van der Waals surface area (Å²) in [6, 6.07) is 14.7. The van der Waals surface area contributed by atoms with Crippen molar-refractivity contribution in [1.82, 2.24) is 0 Å². The number of benzene rings is 2. The number of methoxy groups -OCH3 is 2. The van der Waals surface area contributed by atoms with Crippen molar-refractivity contribution in [2.45, 2.75) is 19.8 Å². The lowest BCUT2D eigenvalue weighted by molar-refractivity contribution is 0.415. The summed E-state index contributed by atoms with van der Waals surface area (Å²) in [6.45, 7) is 2.23. The second-order valence-corrected chi connectivity index (χ2v) is 6.30. The number of rotatable bonds is 5. The molecular weight excluding hydrogens is 292 g/mol. The second-order valence-electron chi connectivity index (χ2n) is 5.25. The van der Waals surface area contributed by atoms with Crippen molar-refractivity contribution < 1.29 is 9.47 Å². The van der Waals surface area contributed by atoms with Gasteiger partial charge < -0.3 is 9.47 Å². The fourth-order valence-corrected chi connectivity index (χ4v) is 4.02. The molecule has 0 radical (unpaired) electrons. The minimum absolute atomic E-state index is 0.892. The lowest BCUT2D eigenvalue weighted by Gasteiger charge is -2.05. The Morgan fingerprint density at radius 2 is 1.59 bits per heavy atom. The summed E-state index contributed by atoms with van der Waals surface area (Å²) in [5.41, 5.74) is 2.69. The molecule has 0 saturated carbocycles. The van der Waals surface area contributed by atoms with Crippen LogP contribution in [0.25, 0.3) is 20.5 Å². The lowest BCUT2D eigenvalue weighted by atomic mass is 10.0. The van der Waals surface area contributed by atoms with E-state index >= 15 is 0 Å². The predicted molar refractivity (Wildman–Crippen MR) is 94.4 cm³/mol. The third-order valence-corrected chi connectivity index (χ3v) is 5.10. The largest absolute Gasteiger partial charge is 0.497 e. The Kier molecular flexibility index (Phi) is 4.34. The Bertz CT molecular complexity index is 772. The first kappa shape index (κ1) is 14.9. The van der Waals surface area contributed by atoms with Crippen molar-refractivity contribution in [2.75, 3.05) is 14.2 Å². The molecule has 0 N–H and O–H groups in total. The normalized spacial score (nSPS) is 10.9. The van der Waals surface area contributed by atoms with Crippen LogP contribution in [0.15, 0.2) is 42.5 Å². The average molecular weight is 312 g/mol. The summed E-state index contributed by atoms with van der Waals surface area (Å²) in [4.78, 5) is 1.35. The molecule has 0 saturated heterocycles. The molecule has 0 aliphatic heterocycles. The van der Waals surface area contributed by atoms with E-state index in [-0.39, 0.29) is 0 Å². The molecule has 0 fully saturated rings. The molecule has 3 heteroatoms. The van der Waals surface area contributed by atoms with E-state index in [0.717, 1.165) is 24.3 Å². The highest BCUT2D eigenvalue weighted by molar-refractivity contribution is 7.22. The van der Waals surface area contributed by atoms with Crippen molar-refractivity contribution in [3.05, 3.63) is 48.0 Å². The summed E-state index contributed by atoms with van der Waals surface area (Å²) >= 11 is 1.84. The molecule has 0 spiro atoms. The number of ether oxygens (including phenoxy) is 2. The zero-order valence-electron chi connectivity index (χ0n) is 13.2. The van der Waals surface area contributed by atoms with E-state index in [1.165, 1.54) is 26.1 Å². The van der Waals surface area contributed by atoms with Gasteiger partial charge in [-0.25, -0.2) is 0 Å². The van der Waals surface area contributed by atoms with Gasteiger partial charge in [-0.1, -0.05) is 13.3 Å². The topological polar surface area (TPSA) is 18.5 Å². The van der Waals surface area contributed by atoms with Crippen molar-refractivity contribution in [2.24, 2.45) is 0 Å². The third kappa shape index (κ3) is 2.69. The number of aryl methyl sites for hydroxylation is 1. The molecule has 22 heavy (non-hydrogen) atoms. The molecule has 0 aliphatic rings. The molecular formula is C19H20O2S. The maximum Gasteiger partial charge on any atom is 0.120 e. The van der Waals surface area contributed by atoms with Crippen molar-refractivity contribution >= 4 is 21.4 Å². The Hall–Kier alpha value is -2.00. The Morgan fingerprint density at radius 1 is 0.909 bits per heavy atom. The van der Waals surface area contributed by atoms with Crippen molar-refractivity contribution in [1.29, 1.82) is 0 Å². The molecule has 0 atom stereocenters. The SMILES string of the molecule is CCCc1c(-c2ccc(OC)cc2)sc2cc(OC)ccc12. The van der Waals surface area contributed by atoms with Crippen LogP contribution in [-0.2, 0) is 6.42 Å². The standard InChI is InChI=1S/C19H20O2S/c1-4-5-17-16-11-10-15(21-3)12-18(16)22-19(17)13-6-8-14(20-2)9-7-13/h6-12H,4-5H2,1-3H3. The van der Waals surface area contributed by atoms with Crippen LogP contribution >= 0.6 is 11.3 Å². The van der Waals surface area contributed by atoms with Gasteiger partial charge in [0.15, 0.2) is 0 Å². The van der Waals surface area contributed by atoms with Gasteiger partial charge in [0, 0.05) is 9.58 Å². The molecule has 114 valence electrons. The van der Waals surface area contributed by atoms with Crippen LogP contribution in [0.3, 0.4) is 0 Å². The summed E-state index contributed by atoms with van der Waals surface area (Å²) in [5, 5.41) is 1.35. The molecule has 0 amide bonds. The van der Waals surface area contributed by atoms with E-state index in [1.807, 2.05) is 29.5 Å². The lowest BCUT2D eigenvalue weighted by Crippen LogP contribution is -1.86. The van der Waals surface area contributed by atoms with E-state index in [2.05, 4.69) is 31.2 Å². The van der Waals surface area contributed by atoms with E-state index in [1.54, 1.807) is 14.2 Å². The quantitative estimate of drug-likeness (QED) is 0.616. The molecule has 1 heterocycles.